The molecule has 5 heteroatoms. The highest BCUT2D eigenvalue weighted by Gasteiger charge is 2.38. The number of benzene rings is 1. The van der Waals surface area contributed by atoms with E-state index in [1.807, 2.05) is 30.3 Å². The summed E-state index contributed by atoms with van der Waals surface area (Å²) >= 11 is 0. The van der Waals surface area contributed by atoms with Crippen LogP contribution < -0.4 is 0 Å². The van der Waals surface area contributed by atoms with E-state index in [1.54, 1.807) is 0 Å². The number of hydrogen-bond donors (Lipinski definition) is 0. The minimum absolute atomic E-state index is 0.332. The molecule has 1 aromatic rings. The zero-order valence-corrected chi connectivity index (χ0v) is 13.0. The van der Waals surface area contributed by atoms with Crippen LogP contribution >= 0.6 is 7.66 Å². The van der Waals surface area contributed by atoms with Gasteiger partial charge in [-0.15, -0.1) is 0 Å². The molecule has 0 aromatic heterocycles. The molecule has 1 aliphatic heterocycles. The van der Waals surface area contributed by atoms with Gasteiger partial charge < -0.3 is 9.05 Å². The van der Waals surface area contributed by atoms with Crippen molar-refractivity contribution >= 4 is 13.3 Å². The Hall–Kier alpha value is -0.670. The zero-order chi connectivity index (χ0) is 13.9. The molecule has 0 atom stereocenters. The van der Waals surface area contributed by atoms with Crippen LogP contribution in [0.2, 0.25) is 0 Å². The summed E-state index contributed by atoms with van der Waals surface area (Å²) < 4.78 is 19.1. The van der Waals surface area contributed by atoms with Crippen LogP contribution in [0.4, 0.5) is 5.69 Å². The third kappa shape index (κ3) is 3.26. The van der Waals surface area contributed by atoms with E-state index in [1.165, 1.54) is 0 Å². The fourth-order valence-electron chi connectivity index (χ4n) is 2.41. The van der Waals surface area contributed by atoms with Crippen LogP contribution in [0.5, 0.6) is 0 Å². The fraction of sp³-hybridized carbons (Fsp3) is 0.571. The van der Waals surface area contributed by atoms with Gasteiger partial charge in [0.05, 0.1) is 18.9 Å². The van der Waals surface area contributed by atoms with Gasteiger partial charge in [0.15, 0.2) is 0 Å². The highest BCUT2D eigenvalue weighted by atomic mass is 31.2. The topological polar surface area (TPSA) is 34.1 Å². The first kappa shape index (κ1) is 14.7. The van der Waals surface area contributed by atoms with Crippen molar-refractivity contribution in [2.75, 3.05) is 13.2 Å². The summed E-state index contributed by atoms with van der Waals surface area (Å²) in [6.45, 7) is 9.89. The van der Waals surface area contributed by atoms with Crippen LogP contribution in [-0.2, 0) is 9.05 Å². The third-order valence-electron chi connectivity index (χ3n) is 2.95. The Morgan fingerprint density at radius 1 is 1.00 bits per heavy atom. The molecule has 0 unspecified atom stereocenters. The Kier molecular flexibility index (Phi) is 4.80. The average Bonchev–Trinajstić information content (AvgIpc) is 2.78. The molecule has 1 saturated heterocycles. The van der Waals surface area contributed by atoms with Crippen molar-refractivity contribution in [2.24, 2.45) is 4.74 Å². The second-order valence-electron chi connectivity index (χ2n) is 5.16. The van der Waals surface area contributed by atoms with Gasteiger partial charge >= 0.3 is 0 Å². The summed E-state index contributed by atoms with van der Waals surface area (Å²) in [5, 5.41) is 0. The standard InChI is InChI=1S/C14H23N2O2P/c1-12(2)16(13(3)4)19(17-10-11-18-19)15-14-8-6-5-7-9-14/h5-9,12-13H,10-11H2,1-4H3. The molecule has 1 aliphatic rings. The lowest BCUT2D eigenvalue weighted by Gasteiger charge is -2.36. The molecule has 1 heterocycles. The Balaban J connectivity index is 2.45. The Labute approximate surface area is 116 Å². The van der Waals surface area contributed by atoms with Gasteiger partial charge in [-0.2, -0.15) is 0 Å². The van der Waals surface area contributed by atoms with Crippen molar-refractivity contribution in [3.05, 3.63) is 30.3 Å². The summed E-state index contributed by atoms with van der Waals surface area (Å²) in [4.78, 5) is 0. The molecule has 2 rings (SSSR count). The molecule has 0 spiro atoms. The minimum Gasteiger partial charge on any atom is -0.309 e. The third-order valence-corrected chi connectivity index (χ3v) is 5.98. The first-order valence-electron chi connectivity index (χ1n) is 6.80. The number of hydrogen-bond acceptors (Lipinski definition) is 3. The van der Waals surface area contributed by atoms with Crippen LogP contribution in [0.15, 0.2) is 35.1 Å². The summed E-state index contributed by atoms with van der Waals surface area (Å²) in [6.07, 6.45) is 0. The van der Waals surface area contributed by atoms with E-state index >= 15 is 0 Å². The lowest BCUT2D eigenvalue weighted by molar-refractivity contribution is 0.243. The van der Waals surface area contributed by atoms with Gasteiger partial charge in [0.25, 0.3) is 7.66 Å². The number of rotatable bonds is 4. The molecule has 106 valence electrons. The summed E-state index contributed by atoms with van der Waals surface area (Å²) in [7, 11) is -2.33. The zero-order valence-electron chi connectivity index (χ0n) is 12.1. The van der Waals surface area contributed by atoms with E-state index in [0.29, 0.717) is 25.3 Å². The van der Waals surface area contributed by atoms with Crippen LogP contribution in [-0.4, -0.2) is 30.0 Å². The van der Waals surface area contributed by atoms with E-state index in [-0.39, 0.29) is 0 Å². The van der Waals surface area contributed by atoms with Gasteiger partial charge in [-0.25, -0.2) is 9.42 Å². The quantitative estimate of drug-likeness (QED) is 0.766. The second kappa shape index (κ2) is 6.19. The fourth-order valence-corrected chi connectivity index (χ4v) is 5.19. The molecule has 0 bridgehead atoms. The first-order chi connectivity index (χ1) is 9.05. The Morgan fingerprint density at radius 3 is 2.00 bits per heavy atom. The van der Waals surface area contributed by atoms with Crippen LogP contribution in [0.3, 0.4) is 0 Å². The van der Waals surface area contributed by atoms with Gasteiger partial charge in [0, 0.05) is 12.1 Å². The maximum Gasteiger partial charge on any atom is 0.296 e. The molecule has 0 radical (unpaired) electrons. The van der Waals surface area contributed by atoms with Crippen molar-refractivity contribution in [1.82, 2.24) is 4.67 Å². The molecule has 0 saturated carbocycles. The minimum atomic E-state index is -2.33. The van der Waals surface area contributed by atoms with Gasteiger partial charge in [0.1, 0.15) is 0 Å². The molecular weight excluding hydrogens is 259 g/mol. The molecule has 0 N–H and O–H groups in total. The summed E-state index contributed by atoms with van der Waals surface area (Å²) in [5.74, 6) is 0. The molecule has 0 amide bonds. The van der Waals surface area contributed by atoms with Crippen molar-refractivity contribution in [2.45, 2.75) is 39.8 Å². The first-order valence-corrected chi connectivity index (χ1v) is 8.33. The molecule has 1 aromatic carbocycles. The monoisotopic (exact) mass is 282 g/mol. The lowest BCUT2D eigenvalue weighted by atomic mass is 10.3. The van der Waals surface area contributed by atoms with E-state index in [0.717, 1.165) is 5.69 Å². The largest absolute Gasteiger partial charge is 0.309 e. The number of nitrogens with zero attached hydrogens (tertiary/aromatic N) is 2. The molecule has 4 nitrogen and oxygen atoms in total. The van der Waals surface area contributed by atoms with Crippen LogP contribution in [0.1, 0.15) is 27.7 Å². The molecular formula is C14H23N2O2P. The van der Waals surface area contributed by atoms with Crippen molar-refractivity contribution < 1.29 is 9.05 Å². The highest BCUT2D eigenvalue weighted by molar-refractivity contribution is 7.54. The Bertz CT molecular complexity index is 442. The van der Waals surface area contributed by atoms with Crippen LogP contribution in [0, 0.1) is 0 Å². The highest BCUT2D eigenvalue weighted by Crippen LogP contribution is 2.61. The van der Waals surface area contributed by atoms with Crippen molar-refractivity contribution in [1.29, 1.82) is 0 Å². The lowest BCUT2D eigenvalue weighted by Crippen LogP contribution is -2.34. The van der Waals surface area contributed by atoms with E-state index < -0.39 is 7.66 Å². The maximum absolute atomic E-state index is 5.98. The SMILES string of the molecule is CC(C)N(C(C)C)P1(=Nc2ccccc2)OCCO1. The smallest absolute Gasteiger partial charge is 0.296 e. The average molecular weight is 282 g/mol. The predicted octanol–water partition coefficient (Wildman–Crippen LogP) is 4.43. The molecule has 1 fully saturated rings. The predicted molar refractivity (Wildman–Crippen MR) is 79.5 cm³/mol. The van der Waals surface area contributed by atoms with Gasteiger partial charge in [-0.1, -0.05) is 18.2 Å². The van der Waals surface area contributed by atoms with E-state index in [9.17, 15) is 0 Å². The van der Waals surface area contributed by atoms with Crippen molar-refractivity contribution in [3.63, 3.8) is 0 Å². The molecule has 0 aliphatic carbocycles. The van der Waals surface area contributed by atoms with E-state index in [4.69, 9.17) is 13.8 Å². The summed E-state index contributed by atoms with van der Waals surface area (Å²) in [5.41, 5.74) is 0.920. The second-order valence-corrected chi connectivity index (χ2v) is 7.32. The normalized spacial score (nSPS) is 18.5. The van der Waals surface area contributed by atoms with E-state index in [2.05, 4.69) is 32.4 Å². The van der Waals surface area contributed by atoms with Crippen LogP contribution in [0.25, 0.3) is 0 Å². The summed E-state index contributed by atoms with van der Waals surface area (Å²) in [6, 6.07) is 10.6. The van der Waals surface area contributed by atoms with Crippen molar-refractivity contribution in [3.8, 4) is 0 Å². The maximum atomic E-state index is 5.98. The Morgan fingerprint density at radius 2 is 1.53 bits per heavy atom. The van der Waals surface area contributed by atoms with Gasteiger partial charge in [0.2, 0.25) is 0 Å². The van der Waals surface area contributed by atoms with Gasteiger partial charge in [-0.05, 0) is 39.8 Å². The van der Waals surface area contributed by atoms with Gasteiger partial charge in [-0.3, -0.25) is 0 Å². The molecule has 19 heavy (non-hydrogen) atoms.